The van der Waals surface area contributed by atoms with Crippen LogP contribution in [0.1, 0.15) is 46.5 Å². The molecule has 24 heavy (non-hydrogen) atoms. The van der Waals surface area contributed by atoms with E-state index in [2.05, 4.69) is 5.32 Å². The average Bonchev–Trinajstić information content (AvgIpc) is 3.11. The molecule has 2 rings (SSSR count). The van der Waals surface area contributed by atoms with Crippen LogP contribution >= 0.6 is 0 Å². The van der Waals surface area contributed by atoms with E-state index in [0.29, 0.717) is 17.7 Å². The van der Waals surface area contributed by atoms with Crippen LogP contribution in [0.3, 0.4) is 0 Å². The molecule has 0 spiro atoms. The first-order valence-corrected chi connectivity index (χ1v) is 8.12. The monoisotopic (exact) mass is 334 g/mol. The van der Waals surface area contributed by atoms with Gasteiger partial charge in [0.15, 0.2) is 0 Å². The summed E-state index contributed by atoms with van der Waals surface area (Å²) in [4.78, 5) is 50.3. The predicted molar refractivity (Wildman–Crippen MR) is 83.2 cm³/mol. The van der Waals surface area contributed by atoms with Crippen LogP contribution in [0.5, 0.6) is 0 Å². The number of urea groups is 1. The number of hydrogen-bond donors (Lipinski definition) is 1. The molecule has 0 radical (unpaired) electrons. The van der Waals surface area contributed by atoms with E-state index < -0.39 is 35.8 Å². The van der Waals surface area contributed by atoms with Gasteiger partial charge in [0.25, 0.3) is 0 Å². The number of carbonyl (C=O) groups is 4. The Bertz CT molecular complexity index is 618. The summed E-state index contributed by atoms with van der Waals surface area (Å²) in [6.07, 6.45) is 3.19. The van der Waals surface area contributed by atoms with Crippen LogP contribution in [0.4, 0.5) is 4.79 Å². The summed E-state index contributed by atoms with van der Waals surface area (Å²) >= 11 is 0. The smallest absolute Gasteiger partial charge is 0.334 e. The van der Waals surface area contributed by atoms with Crippen molar-refractivity contribution in [3.63, 3.8) is 0 Å². The van der Waals surface area contributed by atoms with E-state index in [-0.39, 0.29) is 12.0 Å². The highest BCUT2D eigenvalue weighted by atomic mass is 16.2. The maximum absolute atomic E-state index is 12.4. The lowest BCUT2D eigenvalue weighted by Gasteiger charge is -2.28. The van der Waals surface area contributed by atoms with E-state index in [9.17, 15) is 24.4 Å². The zero-order valence-electron chi connectivity index (χ0n) is 14.2. The van der Waals surface area contributed by atoms with Crippen molar-refractivity contribution in [2.24, 2.45) is 5.92 Å². The second-order valence-corrected chi connectivity index (χ2v) is 6.80. The molecular formula is C16H22N4O4. The zero-order valence-corrected chi connectivity index (χ0v) is 14.2. The number of carbonyl (C=O) groups excluding carboxylic acids is 4. The highest BCUT2D eigenvalue weighted by molar-refractivity contribution is 6.45. The van der Waals surface area contributed by atoms with Gasteiger partial charge in [-0.1, -0.05) is 26.7 Å². The number of imide groups is 2. The van der Waals surface area contributed by atoms with Gasteiger partial charge in [0, 0.05) is 6.04 Å². The van der Waals surface area contributed by atoms with Crippen LogP contribution < -0.4 is 5.32 Å². The molecule has 8 nitrogen and oxygen atoms in total. The van der Waals surface area contributed by atoms with E-state index in [0.717, 1.165) is 17.7 Å². The highest BCUT2D eigenvalue weighted by Gasteiger charge is 2.48. The Hall–Kier alpha value is -2.43. The molecule has 2 fully saturated rings. The molecule has 0 bridgehead atoms. The number of hydrogen-bond acceptors (Lipinski definition) is 5. The third-order valence-corrected chi connectivity index (χ3v) is 4.86. The molecule has 1 heterocycles. The first-order chi connectivity index (χ1) is 11.2. The van der Waals surface area contributed by atoms with Gasteiger partial charge in [0.05, 0.1) is 6.07 Å². The predicted octanol–water partition coefficient (Wildman–Crippen LogP) is 0.774. The van der Waals surface area contributed by atoms with Crippen molar-refractivity contribution in [3.8, 4) is 6.07 Å². The molecule has 0 aromatic heterocycles. The molecule has 0 aromatic rings. The molecule has 1 aliphatic heterocycles. The topological polar surface area (TPSA) is 111 Å². The minimum absolute atomic E-state index is 0.159. The molecule has 1 saturated carbocycles. The minimum atomic E-state index is -1.11. The van der Waals surface area contributed by atoms with Crippen LogP contribution in [-0.4, -0.2) is 51.7 Å². The molecule has 130 valence electrons. The number of rotatable bonds is 5. The Balaban J connectivity index is 2.08. The third kappa shape index (κ3) is 3.11. The maximum atomic E-state index is 12.4. The number of amides is 5. The lowest BCUT2D eigenvalue weighted by Crippen LogP contribution is -2.52. The molecule has 8 heteroatoms. The van der Waals surface area contributed by atoms with Crippen LogP contribution in [0, 0.1) is 17.2 Å². The van der Waals surface area contributed by atoms with Gasteiger partial charge in [0.1, 0.15) is 12.1 Å². The largest absolute Gasteiger partial charge is 0.336 e. The van der Waals surface area contributed by atoms with Crippen molar-refractivity contribution < 1.29 is 19.2 Å². The molecule has 1 saturated heterocycles. The van der Waals surface area contributed by atoms with Crippen molar-refractivity contribution in [2.75, 3.05) is 6.54 Å². The first-order valence-electron chi connectivity index (χ1n) is 8.12. The fourth-order valence-electron chi connectivity index (χ4n) is 2.92. The summed E-state index contributed by atoms with van der Waals surface area (Å²) in [6, 6.07) is 1.02. The van der Waals surface area contributed by atoms with Crippen molar-refractivity contribution in [3.05, 3.63) is 0 Å². The Kier molecular flexibility index (Phi) is 4.92. The summed E-state index contributed by atoms with van der Waals surface area (Å²) in [5.41, 5.74) is -1.11. The Morgan fingerprint density at radius 2 is 1.88 bits per heavy atom. The Labute approximate surface area is 140 Å². The first kappa shape index (κ1) is 17.9. The quantitative estimate of drug-likeness (QED) is 0.590. The molecule has 5 amide bonds. The summed E-state index contributed by atoms with van der Waals surface area (Å²) < 4.78 is 0. The highest BCUT2D eigenvalue weighted by Crippen LogP contribution is 2.27. The summed E-state index contributed by atoms with van der Waals surface area (Å²) in [6.45, 7) is 4.57. The van der Waals surface area contributed by atoms with Crippen LogP contribution in [-0.2, 0) is 14.4 Å². The minimum Gasteiger partial charge on any atom is -0.336 e. The molecule has 2 aliphatic rings. The van der Waals surface area contributed by atoms with Gasteiger partial charge in [-0.3, -0.25) is 19.3 Å². The van der Waals surface area contributed by atoms with Crippen LogP contribution in [0.15, 0.2) is 0 Å². The summed E-state index contributed by atoms with van der Waals surface area (Å²) in [7, 11) is 0. The fourth-order valence-corrected chi connectivity index (χ4v) is 2.92. The molecule has 0 unspecified atom stereocenters. The molecule has 1 N–H and O–H groups in total. The van der Waals surface area contributed by atoms with Crippen LogP contribution in [0.2, 0.25) is 0 Å². The zero-order chi connectivity index (χ0) is 18.1. The van der Waals surface area contributed by atoms with Gasteiger partial charge in [-0.2, -0.15) is 5.26 Å². The maximum Gasteiger partial charge on any atom is 0.334 e. The van der Waals surface area contributed by atoms with Gasteiger partial charge in [-0.15, -0.1) is 0 Å². The number of nitrogens with one attached hydrogen (secondary N) is 1. The van der Waals surface area contributed by atoms with Crippen molar-refractivity contribution >= 4 is 23.8 Å². The van der Waals surface area contributed by atoms with Crippen LogP contribution in [0.25, 0.3) is 0 Å². The van der Waals surface area contributed by atoms with E-state index >= 15 is 0 Å². The van der Waals surface area contributed by atoms with Gasteiger partial charge in [0.2, 0.25) is 5.91 Å². The molecular weight excluding hydrogens is 312 g/mol. The van der Waals surface area contributed by atoms with E-state index in [1.165, 1.54) is 0 Å². The number of nitriles is 1. The Morgan fingerprint density at radius 1 is 1.29 bits per heavy atom. The second-order valence-electron chi connectivity index (χ2n) is 6.80. The summed E-state index contributed by atoms with van der Waals surface area (Å²) in [5.74, 6) is -2.65. The van der Waals surface area contributed by atoms with Crippen molar-refractivity contribution in [2.45, 2.75) is 58.0 Å². The van der Waals surface area contributed by atoms with Gasteiger partial charge in [-0.25, -0.2) is 9.69 Å². The van der Waals surface area contributed by atoms with Crippen molar-refractivity contribution in [1.29, 1.82) is 5.26 Å². The average molecular weight is 334 g/mol. The standard InChI is InChI=1S/C16H22N4O4/c1-10(2)16(3,9-17)18-12(21)8-19-13(22)14(23)20(15(19)24)11-6-4-5-7-11/h10-11H,4-8H2,1-3H3,(H,18,21)/t16-/m1/s1. The SMILES string of the molecule is CC(C)[C@@](C)(C#N)NC(=O)CN1C(=O)C(=O)N(C2CCCC2)C1=O. The van der Waals surface area contributed by atoms with E-state index in [1.54, 1.807) is 20.8 Å². The summed E-state index contributed by atoms with van der Waals surface area (Å²) in [5, 5.41) is 11.8. The normalized spacial score (nSPS) is 21.4. The second kappa shape index (κ2) is 6.59. The fraction of sp³-hybridized carbons (Fsp3) is 0.688. The molecule has 1 aliphatic carbocycles. The van der Waals surface area contributed by atoms with Crippen molar-refractivity contribution in [1.82, 2.24) is 15.1 Å². The van der Waals surface area contributed by atoms with Gasteiger partial charge in [-0.05, 0) is 25.7 Å². The lowest BCUT2D eigenvalue weighted by atomic mass is 9.90. The van der Waals surface area contributed by atoms with Gasteiger partial charge < -0.3 is 5.32 Å². The van der Waals surface area contributed by atoms with Gasteiger partial charge >= 0.3 is 17.8 Å². The van der Waals surface area contributed by atoms with E-state index in [4.69, 9.17) is 0 Å². The molecule has 0 aromatic carbocycles. The Morgan fingerprint density at radius 3 is 2.38 bits per heavy atom. The molecule has 1 atom stereocenters. The lowest BCUT2D eigenvalue weighted by molar-refractivity contribution is -0.144. The number of nitrogens with zero attached hydrogens (tertiary/aromatic N) is 3. The van der Waals surface area contributed by atoms with E-state index in [1.807, 2.05) is 6.07 Å². The third-order valence-electron chi connectivity index (χ3n) is 4.86.